The van der Waals surface area contributed by atoms with E-state index < -0.39 is 12.0 Å². The molecule has 4 aromatic carbocycles. The van der Waals surface area contributed by atoms with E-state index >= 15 is 0 Å². The van der Waals surface area contributed by atoms with Gasteiger partial charge in [-0.2, -0.15) is 0 Å². The van der Waals surface area contributed by atoms with Crippen LogP contribution >= 0.6 is 0 Å². The smallest absolute Gasteiger partial charge is 0.255 e. The number of halogens is 1. The Morgan fingerprint density at radius 3 is 2.45 bits per heavy atom. The zero-order valence-corrected chi connectivity index (χ0v) is 21.8. The molecule has 0 saturated heterocycles. The molecule has 1 aliphatic heterocycles. The van der Waals surface area contributed by atoms with E-state index in [4.69, 9.17) is 4.74 Å². The largest absolute Gasteiger partial charge is 0.497 e. The number of methoxy groups -OCH3 is 1. The van der Waals surface area contributed by atoms with Gasteiger partial charge in [0.15, 0.2) is 0 Å². The molecular weight excluding hydrogens is 505 g/mol. The van der Waals surface area contributed by atoms with Crippen LogP contribution in [0.5, 0.6) is 5.75 Å². The summed E-state index contributed by atoms with van der Waals surface area (Å²) in [5.74, 6) is -0.875. The van der Waals surface area contributed by atoms with Gasteiger partial charge in [-0.25, -0.2) is 4.39 Å². The van der Waals surface area contributed by atoms with Crippen LogP contribution in [-0.2, 0) is 11.3 Å². The molecule has 0 radical (unpaired) electrons. The number of para-hydroxylation sites is 1. The normalized spacial score (nSPS) is 16.4. The van der Waals surface area contributed by atoms with Crippen LogP contribution in [0.2, 0.25) is 0 Å². The molecule has 2 atom stereocenters. The van der Waals surface area contributed by atoms with Gasteiger partial charge >= 0.3 is 0 Å². The molecular formula is C33H26FN3O3. The van der Waals surface area contributed by atoms with E-state index in [0.717, 1.165) is 22.0 Å². The fourth-order valence-corrected chi connectivity index (χ4v) is 5.37. The first-order chi connectivity index (χ1) is 19.5. The molecule has 0 unspecified atom stereocenters. The second kappa shape index (κ2) is 10.6. The van der Waals surface area contributed by atoms with Gasteiger partial charge in [0.2, 0.25) is 5.91 Å². The summed E-state index contributed by atoms with van der Waals surface area (Å²) in [5.41, 5.74) is 4.04. The number of amides is 2. The average Bonchev–Trinajstić information content (AvgIpc) is 2.99. The lowest BCUT2D eigenvalue weighted by molar-refractivity contribution is -0.119. The van der Waals surface area contributed by atoms with Crippen molar-refractivity contribution >= 4 is 28.4 Å². The Bertz CT molecular complexity index is 1700. The summed E-state index contributed by atoms with van der Waals surface area (Å²) in [7, 11) is 1.59. The molecule has 0 saturated carbocycles. The third-order valence-corrected chi connectivity index (χ3v) is 7.30. The summed E-state index contributed by atoms with van der Waals surface area (Å²) in [5, 5.41) is 3.97. The maximum Gasteiger partial charge on any atom is 0.255 e. The number of rotatable bonds is 6. The molecule has 7 heteroatoms. The van der Waals surface area contributed by atoms with Gasteiger partial charge in [0.1, 0.15) is 11.6 Å². The second-order valence-electron chi connectivity index (χ2n) is 9.75. The molecule has 6 nitrogen and oxygen atoms in total. The lowest BCUT2D eigenvalue weighted by Gasteiger charge is -2.42. The molecule has 1 aliphatic rings. The zero-order valence-electron chi connectivity index (χ0n) is 21.8. The topological polar surface area (TPSA) is 71.5 Å². The summed E-state index contributed by atoms with van der Waals surface area (Å²) in [6.45, 7) is 0.200. The molecule has 198 valence electrons. The van der Waals surface area contributed by atoms with E-state index in [0.29, 0.717) is 22.6 Å². The van der Waals surface area contributed by atoms with E-state index in [1.54, 1.807) is 42.5 Å². The number of nitrogens with one attached hydrogen (secondary N) is 1. The van der Waals surface area contributed by atoms with Crippen LogP contribution in [0.4, 0.5) is 10.1 Å². The number of nitrogens with zero attached hydrogens (tertiary/aromatic N) is 2. The van der Waals surface area contributed by atoms with Crippen LogP contribution in [0.25, 0.3) is 10.9 Å². The number of aromatic nitrogens is 1. The van der Waals surface area contributed by atoms with Crippen LogP contribution < -0.4 is 10.1 Å². The number of carbonyl (C=O) groups excluding carboxylic acids is 2. The van der Waals surface area contributed by atoms with E-state index in [1.165, 1.54) is 12.1 Å². The van der Waals surface area contributed by atoms with Gasteiger partial charge < -0.3 is 15.0 Å². The van der Waals surface area contributed by atoms with E-state index in [-0.39, 0.29) is 24.2 Å². The molecule has 0 spiro atoms. The third kappa shape index (κ3) is 4.78. The highest BCUT2D eigenvalue weighted by Crippen LogP contribution is 2.44. The fraction of sp³-hybridized carbons (Fsp3) is 0.121. The highest BCUT2D eigenvalue weighted by Gasteiger charge is 2.44. The van der Waals surface area contributed by atoms with Crippen LogP contribution in [0, 0.1) is 5.82 Å². The highest BCUT2D eigenvalue weighted by atomic mass is 19.1. The molecule has 2 amide bonds. The number of benzene rings is 4. The molecule has 2 heterocycles. The molecule has 40 heavy (non-hydrogen) atoms. The van der Waals surface area contributed by atoms with Gasteiger partial charge in [-0.3, -0.25) is 14.6 Å². The Kier molecular flexibility index (Phi) is 6.70. The summed E-state index contributed by atoms with van der Waals surface area (Å²) < 4.78 is 19.0. The SMILES string of the molecule is COc1ccc([C@@H]2[C@@H](C(=O)Nc3cnc4ccccc4c3)c3ccccc3C(=O)N2Cc2ccc(F)cc2)cc1. The Balaban J connectivity index is 1.46. The lowest BCUT2D eigenvalue weighted by atomic mass is 9.79. The molecule has 5 aromatic rings. The van der Waals surface area contributed by atoms with Crippen molar-refractivity contribution in [1.29, 1.82) is 0 Å². The lowest BCUT2D eigenvalue weighted by Crippen LogP contribution is -2.45. The van der Waals surface area contributed by atoms with Gasteiger partial charge in [-0.1, -0.05) is 60.7 Å². The number of hydrogen-bond donors (Lipinski definition) is 1. The number of hydrogen-bond acceptors (Lipinski definition) is 4. The number of carbonyl (C=O) groups is 2. The Hall–Kier alpha value is -5.04. The predicted molar refractivity (Wildman–Crippen MR) is 152 cm³/mol. The first-order valence-corrected chi connectivity index (χ1v) is 13.0. The van der Waals surface area contributed by atoms with Gasteiger partial charge in [0, 0.05) is 17.5 Å². The highest BCUT2D eigenvalue weighted by molar-refractivity contribution is 6.04. The van der Waals surface area contributed by atoms with Crippen LogP contribution in [0.15, 0.2) is 109 Å². The number of ether oxygens (including phenoxy) is 1. The number of fused-ring (bicyclic) bond motifs is 2. The molecule has 1 N–H and O–H groups in total. The van der Waals surface area contributed by atoms with Gasteiger partial charge in [0.25, 0.3) is 5.91 Å². The first-order valence-electron chi connectivity index (χ1n) is 13.0. The van der Waals surface area contributed by atoms with E-state index in [1.807, 2.05) is 66.7 Å². The summed E-state index contributed by atoms with van der Waals surface area (Å²) in [4.78, 5) is 34.3. The molecule has 6 rings (SSSR count). The quantitative estimate of drug-likeness (QED) is 0.271. The average molecular weight is 532 g/mol. The Labute approximate surface area is 231 Å². The molecule has 0 aliphatic carbocycles. The van der Waals surface area contributed by atoms with Gasteiger partial charge in [-0.15, -0.1) is 0 Å². The van der Waals surface area contributed by atoms with Gasteiger partial charge in [-0.05, 0) is 59.2 Å². The summed E-state index contributed by atoms with van der Waals surface area (Å²) >= 11 is 0. The standard InChI is InChI=1S/C33H26FN3O3/c1-40-26-16-12-22(13-17-26)31-30(32(38)36-25-18-23-6-2-5-9-29(23)35-19-25)27-7-3-4-8-28(27)33(39)37(31)20-21-10-14-24(34)15-11-21/h2-19,30-31H,20H2,1H3,(H,36,38)/t30-,31+/m0/s1. The van der Waals surface area contributed by atoms with E-state index in [2.05, 4.69) is 10.3 Å². The van der Waals surface area contributed by atoms with Crippen molar-refractivity contribution < 1.29 is 18.7 Å². The first kappa shape index (κ1) is 25.2. The second-order valence-corrected chi connectivity index (χ2v) is 9.75. The van der Waals surface area contributed by atoms with E-state index in [9.17, 15) is 14.0 Å². The fourth-order valence-electron chi connectivity index (χ4n) is 5.37. The van der Waals surface area contributed by atoms with Crippen molar-refractivity contribution in [3.05, 3.63) is 137 Å². The monoisotopic (exact) mass is 531 g/mol. The maximum absolute atomic E-state index is 14.2. The number of pyridine rings is 1. The Morgan fingerprint density at radius 2 is 1.68 bits per heavy atom. The van der Waals surface area contributed by atoms with Crippen LogP contribution in [-0.4, -0.2) is 28.8 Å². The minimum atomic E-state index is -0.728. The van der Waals surface area contributed by atoms with Crippen molar-refractivity contribution in [2.24, 2.45) is 0 Å². The molecule has 0 fully saturated rings. The zero-order chi connectivity index (χ0) is 27.6. The summed E-state index contributed by atoms with van der Waals surface area (Å²) in [6, 6.07) is 29.6. The predicted octanol–water partition coefficient (Wildman–Crippen LogP) is 6.50. The van der Waals surface area contributed by atoms with Crippen molar-refractivity contribution in [2.45, 2.75) is 18.5 Å². The van der Waals surface area contributed by atoms with Crippen molar-refractivity contribution in [3.63, 3.8) is 0 Å². The van der Waals surface area contributed by atoms with Crippen LogP contribution in [0.1, 0.15) is 39.0 Å². The molecule has 0 bridgehead atoms. The van der Waals surface area contributed by atoms with Crippen molar-refractivity contribution in [3.8, 4) is 5.75 Å². The maximum atomic E-state index is 14.2. The minimum Gasteiger partial charge on any atom is -0.497 e. The van der Waals surface area contributed by atoms with Gasteiger partial charge in [0.05, 0.1) is 36.5 Å². The molecule has 1 aromatic heterocycles. The minimum absolute atomic E-state index is 0.197. The number of anilines is 1. The van der Waals surface area contributed by atoms with Crippen molar-refractivity contribution in [2.75, 3.05) is 12.4 Å². The third-order valence-electron chi connectivity index (χ3n) is 7.30. The summed E-state index contributed by atoms with van der Waals surface area (Å²) in [6.07, 6.45) is 1.64. The van der Waals surface area contributed by atoms with Crippen molar-refractivity contribution in [1.82, 2.24) is 9.88 Å². The van der Waals surface area contributed by atoms with Crippen LogP contribution in [0.3, 0.4) is 0 Å². The Morgan fingerprint density at radius 1 is 0.950 bits per heavy atom.